The van der Waals surface area contributed by atoms with Crippen molar-refractivity contribution < 1.29 is 0 Å². The van der Waals surface area contributed by atoms with Crippen molar-refractivity contribution in [1.29, 1.82) is 0 Å². The molecule has 1 N–H and O–H groups in total. The molecule has 1 rings (SSSR count). The average Bonchev–Trinajstić information content (AvgIpc) is 2.38. The summed E-state index contributed by atoms with van der Waals surface area (Å²) in [5.41, 5.74) is 0.634. The van der Waals surface area contributed by atoms with E-state index < -0.39 is 0 Å². The van der Waals surface area contributed by atoms with Crippen LogP contribution in [0.25, 0.3) is 0 Å². The van der Waals surface area contributed by atoms with Crippen LogP contribution < -0.4 is 5.32 Å². The van der Waals surface area contributed by atoms with Gasteiger partial charge < -0.3 is 5.32 Å². The lowest BCUT2D eigenvalue weighted by atomic mass is 9.84. The molecule has 0 aromatic carbocycles. The fourth-order valence-corrected chi connectivity index (χ4v) is 1.88. The second-order valence-electron chi connectivity index (χ2n) is 4.19. The Balaban J connectivity index is 2.13. The van der Waals surface area contributed by atoms with E-state index in [4.69, 9.17) is 0 Å². The van der Waals surface area contributed by atoms with Crippen LogP contribution in [0.1, 0.15) is 46.0 Å². The largest absolute Gasteiger partial charge is 0.316 e. The first-order valence-electron chi connectivity index (χ1n) is 4.97. The summed E-state index contributed by atoms with van der Waals surface area (Å²) in [6, 6.07) is 0. The van der Waals surface area contributed by atoms with Crippen LogP contribution in [0.15, 0.2) is 0 Å². The second kappa shape index (κ2) is 4.10. The summed E-state index contributed by atoms with van der Waals surface area (Å²) in [4.78, 5) is 0. The smallest absolute Gasteiger partial charge is 0.000564 e. The summed E-state index contributed by atoms with van der Waals surface area (Å²) in [5, 5.41) is 3.44. The van der Waals surface area contributed by atoms with Crippen LogP contribution >= 0.6 is 0 Å². The maximum atomic E-state index is 3.44. The number of hydrogen-bond donors (Lipinski definition) is 1. The van der Waals surface area contributed by atoms with Gasteiger partial charge in [0.1, 0.15) is 0 Å². The Labute approximate surface area is 70.6 Å². The Kier molecular flexibility index (Phi) is 3.38. The highest BCUT2D eigenvalue weighted by atomic mass is 14.9. The number of nitrogens with one attached hydrogen (secondary N) is 1. The predicted octanol–water partition coefficient (Wildman–Crippen LogP) is 2.57. The molecule has 1 aliphatic heterocycles. The first-order chi connectivity index (χ1) is 5.27. The van der Waals surface area contributed by atoms with Crippen LogP contribution in [-0.2, 0) is 0 Å². The van der Waals surface area contributed by atoms with Crippen LogP contribution in [0.3, 0.4) is 0 Å². The van der Waals surface area contributed by atoms with E-state index in [0.717, 1.165) is 0 Å². The molecule has 1 heterocycles. The van der Waals surface area contributed by atoms with Crippen LogP contribution in [-0.4, -0.2) is 13.1 Å². The van der Waals surface area contributed by atoms with Crippen molar-refractivity contribution in [3.8, 4) is 0 Å². The molecule has 1 atom stereocenters. The molecule has 0 radical (unpaired) electrons. The zero-order chi connectivity index (χ0) is 8.16. The van der Waals surface area contributed by atoms with Crippen LogP contribution in [0.5, 0.6) is 0 Å². The van der Waals surface area contributed by atoms with Crippen molar-refractivity contribution in [3.63, 3.8) is 0 Å². The fourth-order valence-electron chi connectivity index (χ4n) is 1.88. The molecule has 0 amide bonds. The molecule has 0 saturated carbocycles. The van der Waals surface area contributed by atoms with E-state index in [0.29, 0.717) is 5.41 Å². The first kappa shape index (κ1) is 9.05. The molecule has 0 bridgehead atoms. The summed E-state index contributed by atoms with van der Waals surface area (Å²) in [7, 11) is 0. The summed E-state index contributed by atoms with van der Waals surface area (Å²) in [5.74, 6) is 0. The highest BCUT2D eigenvalue weighted by Gasteiger charge is 2.27. The van der Waals surface area contributed by atoms with Crippen LogP contribution in [0, 0.1) is 5.41 Å². The molecule has 0 aromatic rings. The van der Waals surface area contributed by atoms with Crippen molar-refractivity contribution in [2.45, 2.75) is 46.0 Å². The Hall–Kier alpha value is -0.0400. The lowest BCUT2D eigenvalue weighted by Gasteiger charge is -2.21. The quantitative estimate of drug-likeness (QED) is 0.615. The average molecular weight is 155 g/mol. The van der Waals surface area contributed by atoms with Gasteiger partial charge in [0.2, 0.25) is 0 Å². The Morgan fingerprint density at radius 2 is 2.18 bits per heavy atom. The van der Waals surface area contributed by atoms with E-state index in [-0.39, 0.29) is 0 Å². The van der Waals surface area contributed by atoms with E-state index >= 15 is 0 Å². The normalized spacial score (nSPS) is 31.1. The lowest BCUT2D eigenvalue weighted by Crippen LogP contribution is -2.19. The third-order valence-electron chi connectivity index (χ3n) is 2.84. The topological polar surface area (TPSA) is 12.0 Å². The van der Waals surface area contributed by atoms with Crippen LogP contribution in [0.4, 0.5) is 0 Å². The molecule has 1 heteroatoms. The zero-order valence-electron chi connectivity index (χ0n) is 7.95. The molecule has 0 aromatic heterocycles. The van der Waals surface area contributed by atoms with Gasteiger partial charge in [0.25, 0.3) is 0 Å². The van der Waals surface area contributed by atoms with Crippen molar-refractivity contribution in [2.24, 2.45) is 5.41 Å². The van der Waals surface area contributed by atoms with Gasteiger partial charge in [-0.2, -0.15) is 0 Å². The maximum Gasteiger partial charge on any atom is 0.000564 e. The molecular weight excluding hydrogens is 134 g/mol. The molecule has 1 aliphatic rings. The third kappa shape index (κ3) is 2.82. The second-order valence-corrected chi connectivity index (χ2v) is 4.19. The highest BCUT2D eigenvalue weighted by molar-refractivity contribution is 4.83. The first-order valence-corrected chi connectivity index (χ1v) is 4.97. The van der Waals surface area contributed by atoms with E-state index in [2.05, 4.69) is 19.2 Å². The van der Waals surface area contributed by atoms with E-state index in [9.17, 15) is 0 Å². The Bertz CT molecular complexity index is 103. The van der Waals surface area contributed by atoms with Gasteiger partial charge in [-0.3, -0.25) is 0 Å². The molecule has 1 saturated heterocycles. The highest BCUT2D eigenvalue weighted by Crippen LogP contribution is 2.30. The predicted molar refractivity (Wildman–Crippen MR) is 49.7 cm³/mol. The maximum absolute atomic E-state index is 3.44. The zero-order valence-corrected chi connectivity index (χ0v) is 7.95. The van der Waals surface area contributed by atoms with Gasteiger partial charge >= 0.3 is 0 Å². The van der Waals surface area contributed by atoms with Gasteiger partial charge in [-0.25, -0.2) is 0 Å². The van der Waals surface area contributed by atoms with Crippen molar-refractivity contribution in [1.82, 2.24) is 5.32 Å². The molecule has 0 aliphatic carbocycles. The summed E-state index contributed by atoms with van der Waals surface area (Å²) in [6.45, 7) is 7.18. The summed E-state index contributed by atoms with van der Waals surface area (Å²) < 4.78 is 0. The number of rotatable bonds is 4. The van der Waals surface area contributed by atoms with Crippen molar-refractivity contribution in [2.75, 3.05) is 13.1 Å². The summed E-state index contributed by atoms with van der Waals surface area (Å²) >= 11 is 0. The molecule has 1 nitrogen and oxygen atoms in total. The van der Waals surface area contributed by atoms with Crippen LogP contribution in [0.2, 0.25) is 0 Å². The lowest BCUT2D eigenvalue weighted by molar-refractivity contribution is 0.320. The van der Waals surface area contributed by atoms with Gasteiger partial charge in [-0.1, -0.05) is 33.1 Å². The SMILES string of the molecule is CCCCCC1(C)CCNC1. The third-order valence-corrected chi connectivity index (χ3v) is 2.84. The van der Waals surface area contributed by atoms with Gasteiger partial charge in [0.05, 0.1) is 0 Å². The Morgan fingerprint density at radius 3 is 2.73 bits per heavy atom. The van der Waals surface area contributed by atoms with Gasteiger partial charge in [0, 0.05) is 6.54 Å². The summed E-state index contributed by atoms with van der Waals surface area (Å²) in [6.07, 6.45) is 7.00. The molecule has 11 heavy (non-hydrogen) atoms. The van der Waals surface area contributed by atoms with Gasteiger partial charge in [-0.05, 0) is 24.8 Å². The number of unbranched alkanes of at least 4 members (excludes halogenated alkanes) is 2. The standard InChI is InChI=1S/C10H21N/c1-3-4-5-6-10(2)7-8-11-9-10/h11H,3-9H2,1-2H3. The monoisotopic (exact) mass is 155 g/mol. The fraction of sp³-hybridized carbons (Fsp3) is 1.00. The van der Waals surface area contributed by atoms with E-state index in [1.807, 2.05) is 0 Å². The molecule has 1 unspecified atom stereocenters. The van der Waals surface area contributed by atoms with E-state index in [1.165, 1.54) is 45.2 Å². The minimum absolute atomic E-state index is 0.634. The minimum atomic E-state index is 0.634. The molecule has 1 fully saturated rings. The van der Waals surface area contributed by atoms with Gasteiger partial charge in [0.15, 0.2) is 0 Å². The molecular formula is C10H21N. The molecule has 0 spiro atoms. The van der Waals surface area contributed by atoms with Crippen molar-refractivity contribution in [3.05, 3.63) is 0 Å². The molecule has 66 valence electrons. The van der Waals surface area contributed by atoms with Crippen molar-refractivity contribution >= 4 is 0 Å². The Morgan fingerprint density at radius 1 is 1.36 bits per heavy atom. The number of hydrogen-bond acceptors (Lipinski definition) is 1. The van der Waals surface area contributed by atoms with E-state index in [1.54, 1.807) is 0 Å². The minimum Gasteiger partial charge on any atom is -0.316 e. The van der Waals surface area contributed by atoms with Gasteiger partial charge in [-0.15, -0.1) is 0 Å².